The molecule has 0 aromatic heterocycles. The zero-order valence-corrected chi connectivity index (χ0v) is 12.8. The van der Waals surface area contributed by atoms with E-state index in [4.69, 9.17) is 0 Å². The van der Waals surface area contributed by atoms with Gasteiger partial charge in [-0.2, -0.15) is 11.8 Å². The molecule has 1 aliphatic rings. The van der Waals surface area contributed by atoms with Gasteiger partial charge in [-0.1, -0.05) is 22.0 Å². The molecule has 1 aliphatic heterocycles. The standard InChI is InChI=1S/C13H19BrN2S/c1-10(15-2)12-4-3-11(14)9-13(12)16-5-7-17-8-6-16/h3-4,9-10,15H,5-8H2,1-2H3. The Balaban J connectivity index is 2.31. The fourth-order valence-corrected chi connectivity index (χ4v) is 3.37. The fourth-order valence-electron chi connectivity index (χ4n) is 2.12. The third-order valence-corrected chi connectivity index (χ3v) is 4.68. The third-order valence-electron chi connectivity index (χ3n) is 3.24. The first-order valence-electron chi connectivity index (χ1n) is 6.02. The van der Waals surface area contributed by atoms with Gasteiger partial charge in [-0.15, -0.1) is 0 Å². The molecular weight excluding hydrogens is 296 g/mol. The van der Waals surface area contributed by atoms with Crippen molar-refractivity contribution in [2.75, 3.05) is 36.5 Å². The van der Waals surface area contributed by atoms with E-state index in [1.54, 1.807) is 0 Å². The molecule has 0 spiro atoms. The summed E-state index contributed by atoms with van der Waals surface area (Å²) < 4.78 is 1.16. The first-order valence-corrected chi connectivity index (χ1v) is 7.96. The lowest BCUT2D eigenvalue weighted by Crippen LogP contribution is -2.33. The molecule has 2 nitrogen and oxygen atoms in total. The number of halogens is 1. The Morgan fingerprint density at radius 2 is 2.06 bits per heavy atom. The molecular formula is C13H19BrN2S. The normalized spacial score (nSPS) is 18.2. The molecule has 2 rings (SSSR count). The van der Waals surface area contributed by atoms with Crippen molar-refractivity contribution < 1.29 is 0 Å². The van der Waals surface area contributed by atoms with Crippen LogP contribution in [0, 0.1) is 0 Å². The van der Waals surface area contributed by atoms with Crippen molar-refractivity contribution in [1.82, 2.24) is 5.32 Å². The van der Waals surface area contributed by atoms with Gasteiger partial charge in [-0.3, -0.25) is 0 Å². The predicted octanol–water partition coefficient (Wildman–Crippen LogP) is 3.28. The molecule has 1 saturated heterocycles. The smallest absolute Gasteiger partial charge is 0.0426 e. The Morgan fingerprint density at radius 1 is 1.35 bits per heavy atom. The van der Waals surface area contributed by atoms with Crippen molar-refractivity contribution >= 4 is 33.4 Å². The van der Waals surface area contributed by atoms with Crippen molar-refractivity contribution in [3.05, 3.63) is 28.2 Å². The van der Waals surface area contributed by atoms with Crippen molar-refractivity contribution in [3.8, 4) is 0 Å². The highest BCUT2D eigenvalue weighted by Gasteiger charge is 2.17. The minimum absolute atomic E-state index is 0.396. The molecule has 1 aromatic carbocycles. The highest BCUT2D eigenvalue weighted by Crippen LogP contribution is 2.31. The molecule has 1 unspecified atom stereocenters. The second-order valence-electron chi connectivity index (χ2n) is 4.31. The van der Waals surface area contributed by atoms with Gasteiger partial charge in [-0.05, 0) is 31.7 Å². The number of anilines is 1. The number of benzene rings is 1. The van der Waals surface area contributed by atoms with Gasteiger partial charge >= 0.3 is 0 Å². The Kier molecular flexibility index (Phi) is 4.77. The summed E-state index contributed by atoms with van der Waals surface area (Å²) in [5.74, 6) is 2.47. The number of nitrogens with one attached hydrogen (secondary N) is 1. The Hall–Kier alpha value is -0.190. The molecule has 94 valence electrons. The summed E-state index contributed by atoms with van der Waals surface area (Å²) in [6, 6.07) is 7.00. The van der Waals surface area contributed by atoms with Crippen LogP contribution < -0.4 is 10.2 Å². The summed E-state index contributed by atoms with van der Waals surface area (Å²) in [5.41, 5.74) is 2.77. The van der Waals surface area contributed by atoms with Gasteiger partial charge in [0.1, 0.15) is 0 Å². The molecule has 1 atom stereocenters. The Morgan fingerprint density at radius 3 is 2.71 bits per heavy atom. The number of nitrogens with zero attached hydrogens (tertiary/aromatic N) is 1. The van der Waals surface area contributed by atoms with Crippen LogP contribution in [-0.2, 0) is 0 Å². The van der Waals surface area contributed by atoms with Gasteiger partial charge < -0.3 is 10.2 Å². The molecule has 17 heavy (non-hydrogen) atoms. The van der Waals surface area contributed by atoms with Crippen LogP contribution >= 0.6 is 27.7 Å². The highest BCUT2D eigenvalue weighted by molar-refractivity contribution is 9.10. The van der Waals surface area contributed by atoms with E-state index in [2.05, 4.69) is 51.3 Å². The zero-order chi connectivity index (χ0) is 12.3. The first kappa shape index (κ1) is 13.2. The first-order chi connectivity index (χ1) is 8.22. The molecule has 0 saturated carbocycles. The minimum atomic E-state index is 0.396. The molecule has 1 aromatic rings. The van der Waals surface area contributed by atoms with Crippen LogP contribution in [0.1, 0.15) is 18.5 Å². The van der Waals surface area contributed by atoms with E-state index < -0.39 is 0 Å². The highest BCUT2D eigenvalue weighted by atomic mass is 79.9. The minimum Gasteiger partial charge on any atom is -0.370 e. The quantitative estimate of drug-likeness (QED) is 0.921. The number of hydrogen-bond acceptors (Lipinski definition) is 3. The lowest BCUT2D eigenvalue weighted by atomic mass is 10.1. The van der Waals surface area contributed by atoms with E-state index in [-0.39, 0.29) is 0 Å². The molecule has 1 N–H and O–H groups in total. The molecule has 1 fully saturated rings. The fraction of sp³-hybridized carbons (Fsp3) is 0.538. The van der Waals surface area contributed by atoms with Gasteiger partial charge in [0.15, 0.2) is 0 Å². The van der Waals surface area contributed by atoms with Gasteiger partial charge in [0.2, 0.25) is 0 Å². The Labute approximate surface area is 116 Å². The lowest BCUT2D eigenvalue weighted by Gasteiger charge is -2.31. The van der Waals surface area contributed by atoms with Crippen LogP contribution in [0.25, 0.3) is 0 Å². The summed E-state index contributed by atoms with van der Waals surface area (Å²) in [5, 5.41) is 3.33. The third kappa shape index (κ3) is 3.18. The van der Waals surface area contributed by atoms with E-state index in [1.807, 2.05) is 18.8 Å². The molecule has 0 aliphatic carbocycles. The number of rotatable bonds is 3. The summed E-state index contributed by atoms with van der Waals surface area (Å²) >= 11 is 5.63. The second kappa shape index (κ2) is 6.12. The number of hydrogen-bond donors (Lipinski definition) is 1. The van der Waals surface area contributed by atoms with Crippen molar-refractivity contribution in [2.45, 2.75) is 13.0 Å². The monoisotopic (exact) mass is 314 g/mol. The lowest BCUT2D eigenvalue weighted by molar-refractivity contribution is 0.648. The van der Waals surface area contributed by atoms with E-state index in [9.17, 15) is 0 Å². The summed E-state index contributed by atoms with van der Waals surface area (Å²) in [6.45, 7) is 4.53. The van der Waals surface area contributed by atoms with Crippen LogP contribution in [-0.4, -0.2) is 31.6 Å². The Bertz CT molecular complexity index is 378. The van der Waals surface area contributed by atoms with Crippen LogP contribution in [0.5, 0.6) is 0 Å². The average Bonchev–Trinajstić information content (AvgIpc) is 2.39. The largest absolute Gasteiger partial charge is 0.370 e. The van der Waals surface area contributed by atoms with E-state index in [0.29, 0.717) is 6.04 Å². The molecule has 4 heteroatoms. The van der Waals surface area contributed by atoms with Crippen LogP contribution in [0.3, 0.4) is 0 Å². The topological polar surface area (TPSA) is 15.3 Å². The van der Waals surface area contributed by atoms with Gasteiger partial charge in [-0.25, -0.2) is 0 Å². The zero-order valence-electron chi connectivity index (χ0n) is 10.4. The summed E-state index contributed by atoms with van der Waals surface area (Å²) in [4.78, 5) is 2.50. The van der Waals surface area contributed by atoms with Crippen molar-refractivity contribution in [1.29, 1.82) is 0 Å². The van der Waals surface area contributed by atoms with E-state index >= 15 is 0 Å². The second-order valence-corrected chi connectivity index (χ2v) is 6.45. The van der Waals surface area contributed by atoms with Crippen LogP contribution in [0.15, 0.2) is 22.7 Å². The van der Waals surface area contributed by atoms with Gasteiger partial charge in [0.25, 0.3) is 0 Å². The van der Waals surface area contributed by atoms with Crippen LogP contribution in [0.4, 0.5) is 5.69 Å². The molecule has 0 radical (unpaired) electrons. The van der Waals surface area contributed by atoms with Gasteiger partial charge in [0, 0.05) is 40.8 Å². The molecule has 0 bridgehead atoms. The van der Waals surface area contributed by atoms with E-state index in [1.165, 1.54) is 22.8 Å². The molecule has 0 amide bonds. The average molecular weight is 315 g/mol. The van der Waals surface area contributed by atoms with Crippen LogP contribution in [0.2, 0.25) is 0 Å². The van der Waals surface area contributed by atoms with Crippen molar-refractivity contribution in [2.24, 2.45) is 0 Å². The maximum absolute atomic E-state index is 3.58. The summed E-state index contributed by atoms with van der Waals surface area (Å²) in [7, 11) is 2.02. The SMILES string of the molecule is CNC(C)c1ccc(Br)cc1N1CCSCC1. The predicted molar refractivity (Wildman–Crippen MR) is 81.2 cm³/mol. The maximum Gasteiger partial charge on any atom is 0.0426 e. The van der Waals surface area contributed by atoms with Crippen molar-refractivity contribution in [3.63, 3.8) is 0 Å². The summed E-state index contributed by atoms with van der Waals surface area (Å²) in [6.07, 6.45) is 0. The van der Waals surface area contributed by atoms with Gasteiger partial charge in [0.05, 0.1) is 0 Å². The molecule has 1 heterocycles. The van der Waals surface area contributed by atoms with E-state index in [0.717, 1.165) is 17.6 Å². The maximum atomic E-state index is 3.58. The number of thioether (sulfide) groups is 1.